The van der Waals surface area contributed by atoms with Gasteiger partial charge in [-0.1, -0.05) is 12.1 Å². The summed E-state index contributed by atoms with van der Waals surface area (Å²) in [5, 5.41) is 2.74. The summed E-state index contributed by atoms with van der Waals surface area (Å²) in [6, 6.07) is 6.82. The molecule has 0 aromatic heterocycles. The highest BCUT2D eigenvalue weighted by atomic mass is 16.6. The van der Waals surface area contributed by atoms with Gasteiger partial charge < -0.3 is 14.8 Å². The van der Waals surface area contributed by atoms with Gasteiger partial charge in [-0.15, -0.1) is 6.58 Å². The van der Waals surface area contributed by atoms with E-state index in [4.69, 9.17) is 4.74 Å². The number of esters is 1. The second-order valence-electron chi connectivity index (χ2n) is 3.77. The highest BCUT2D eigenvalue weighted by Gasteiger charge is 2.04. The molecule has 0 aliphatic heterocycles. The second-order valence-corrected chi connectivity index (χ2v) is 3.77. The first-order valence-corrected chi connectivity index (χ1v) is 5.86. The van der Waals surface area contributed by atoms with E-state index in [0.29, 0.717) is 24.3 Å². The SMILES string of the molecule is C=CCCC(=O)Nc1cccc(OCC(=O)OC)c1. The molecule has 0 radical (unpaired) electrons. The minimum Gasteiger partial charge on any atom is -0.482 e. The predicted molar refractivity (Wildman–Crippen MR) is 72.0 cm³/mol. The number of methoxy groups -OCH3 is 1. The maximum absolute atomic E-state index is 11.5. The number of carbonyl (C=O) groups is 2. The van der Waals surface area contributed by atoms with Crippen LogP contribution in [0.2, 0.25) is 0 Å². The Bertz CT molecular complexity index is 457. The number of hydrogen-bond donors (Lipinski definition) is 1. The molecule has 1 aromatic rings. The molecule has 0 aliphatic carbocycles. The summed E-state index contributed by atoms with van der Waals surface area (Å²) in [4.78, 5) is 22.5. The summed E-state index contributed by atoms with van der Waals surface area (Å²) in [6.45, 7) is 3.40. The Hall–Kier alpha value is -2.30. The van der Waals surface area contributed by atoms with Gasteiger partial charge in [-0.2, -0.15) is 0 Å². The van der Waals surface area contributed by atoms with Gasteiger partial charge in [-0.25, -0.2) is 4.79 Å². The zero-order valence-electron chi connectivity index (χ0n) is 10.8. The monoisotopic (exact) mass is 263 g/mol. The van der Waals surface area contributed by atoms with Crippen molar-refractivity contribution in [2.75, 3.05) is 19.0 Å². The molecule has 1 rings (SSSR count). The zero-order valence-corrected chi connectivity index (χ0v) is 10.8. The van der Waals surface area contributed by atoms with Gasteiger partial charge in [0.2, 0.25) is 5.91 Å². The first-order valence-electron chi connectivity index (χ1n) is 5.86. The fourth-order valence-corrected chi connectivity index (χ4v) is 1.32. The molecule has 19 heavy (non-hydrogen) atoms. The molecule has 0 aliphatic rings. The summed E-state index contributed by atoms with van der Waals surface area (Å²) in [5.74, 6) is -0.0580. The molecule has 0 fully saturated rings. The van der Waals surface area contributed by atoms with Crippen LogP contribution in [-0.2, 0) is 14.3 Å². The fourth-order valence-electron chi connectivity index (χ4n) is 1.32. The average molecular weight is 263 g/mol. The van der Waals surface area contributed by atoms with Crippen LogP contribution in [0.1, 0.15) is 12.8 Å². The van der Waals surface area contributed by atoms with Gasteiger partial charge in [0, 0.05) is 18.2 Å². The number of allylic oxidation sites excluding steroid dienone is 1. The highest BCUT2D eigenvalue weighted by Crippen LogP contribution is 2.17. The van der Waals surface area contributed by atoms with Gasteiger partial charge in [-0.3, -0.25) is 4.79 Å². The van der Waals surface area contributed by atoms with E-state index < -0.39 is 5.97 Å². The molecule has 0 spiro atoms. The van der Waals surface area contributed by atoms with Crippen LogP contribution in [0.15, 0.2) is 36.9 Å². The van der Waals surface area contributed by atoms with E-state index in [1.807, 2.05) is 0 Å². The Labute approximate surface area is 112 Å². The summed E-state index contributed by atoms with van der Waals surface area (Å²) in [6.07, 6.45) is 2.70. The molecular formula is C14H17NO4. The van der Waals surface area contributed by atoms with Gasteiger partial charge in [0.05, 0.1) is 7.11 Å². The molecule has 0 atom stereocenters. The van der Waals surface area contributed by atoms with Gasteiger partial charge in [-0.05, 0) is 18.6 Å². The van der Waals surface area contributed by atoms with Gasteiger partial charge >= 0.3 is 5.97 Å². The third kappa shape index (κ3) is 5.72. The van der Waals surface area contributed by atoms with Crippen LogP contribution in [0.4, 0.5) is 5.69 Å². The van der Waals surface area contributed by atoms with Crippen LogP contribution in [-0.4, -0.2) is 25.6 Å². The topological polar surface area (TPSA) is 64.6 Å². The second kappa shape index (κ2) is 7.92. The minimum absolute atomic E-state index is 0.0926. The lowest BCUT2D eigenvalue weighted by Gasteiger charge is -2.08. The lowest BCUT2D eigenvalue weighted by Crippen LogP contribution is -2.13. The number of hydrogen-bond acceptors (Lipinski definition) is 4. The molecule has 0 bridgehead atoms. The molecule has 1 amide bonds. The van der Waals surface area contributed by atoms with Crippen molar-refractivity contribution < 1.29 is 19.1 Å². The molecule has 1 N–H and O–H groups in total. The number of ether oxygens (including phenoxy) is 2. The Morgan fingerprint density at radius 3 is 2.89 bits per heavy atom. The van der Waals surface area contributed by atoms with E-state index in [2.05, 4.69) is 16.6 Å². The van der Waals surface area contributed by atoms with E-state index in [-0.39, 0.29) is 12.5 Å². The number of nitrogens with one attached hydrogen (secondary N) is 1. The molecule has 102 valence electrons. The number of rotatable bonds is 7. The minimum atomic E-state index is -0.458. The van der Waals surface area contributed by atoms with Gasteiger partial charge in [0.25, 0.3) is 0 Å². The summed E-state index contributed by atoms with van der Waals surface area (Å²) in [7, 11) is 1.29. The van der Waals surface area contributed by atoms with Gasteiger partial charge in [0.15, 0.2) is 6.61 Å². The van der Waals surface area contributed by atoms with Crippen molar-refractivity contribution in [1.82, 2.24) is 0 Å². The number of anilines is 1. The Morgan fingerprint density at radius 2 is 2.21 bits per heavy atom. The zero-order chi connectivity index (χ0) is 14.1. The van der Waals surface area contributed by atoms with Crippen molar-refractivity contribution in [1.29, 1.82) is 0 Å². The first kappa shape index (κ1) is 14.8. The smallest absolute Gasteiger partial charge is 0.343 e. The number of carbonyl (C=O) groups excluding carboxylic acids is 2. The Balaban J connectivity index is 2.54. The van der Waals surface area contributed by atoms with Crippen molar-refractivity contribution in [2.24, 2.45) is 0 Å². The molecule has 1 aromatic carbocycles. The number of benzene rings is 1. The van der Waals surface area contributed by atoms with Crippen molar-refractivity contribution in [3.63, 3.8) is 0 Å². The van der Waals surface area contributed by atoms with Crippen LogP contribution < -0.4 is 10.1 Å². The molecular weight excluding hydrogens is 246 g/mol. The first-order chi connectivity index (χ1) is 9.15. The Morgan fingerprint density at radius 1 is 1.42 bits per heavy atom. The van der Waals surface area contributed by atoms with E-state index in [9.17, 15) is 9.59 Å². The van der Waals surface area contributed by atoms with E-state index in [0.717, 1.165) is 0 Å². The Kier molecular flexibility index (Phi) is 6.15. The molecule has 5 heteroatoms. The molecule has 0 unspecified atom stereocenters. The van der Waals surface area contributed by atoms with Gasteiger partial charge in [0.1, 0.15) is 5.75 Å². The lowest BCUT2D eigenvalue weighted by molar-refractivity contribution is -0.142. The van der Waals surface area contributed by atoms with E-state index >= 15 is 0 Å². The van der Waals surface area contributed by atoms with Crippen LogP contribution >= 0.6 is 0 Å². The maximum Gasteiger partial charge on any atom is 0.343 e. The number of amides is 1. The van der Waals surface area contributed by atoms with Crippen LogP contribution in [0.3, 0.4) is 0 Å². The third-order valence-corrected chi connectivity index (χ3v) is 2.28. The highest BCUT2D eigenvalue weighted by molar-refractivity contribution is 5.90. The van der Waals surface area contributed by atoms with Crippen LogP contribution in [0, 0.1) is 0 Å². The standard InChI is InChI=1S/C14H17NO4/c1-3-4-8-13(16)15-11-6-5-7-12(9-11)19-10-14(17)18-2/h3,5-7,9H,1,4,8,10H2,2H3,(H,15,16). The quantitative estimate of drug-likeness (QED) is 0.604. The summed E-state index contributed by atoms with van der Waals surface area (Å²) in [5.41, 5.74) is 0.622. The molecule has 0 saturated heterocycles. The van der Waals surface area contributed by atoms with Crippen LogP contribution in [0.5, 0.6) is 5.75 Å². The van der Waals surface area contributed by atoms with Crippen molar-refractivity contribution >= 4 is 17.6 Å². The third-order valence-electron chi connectivity index (χ3n) is 2.28. The largest absolute Gasteiger partial charge is 0.482 e. The fraction of sp³-hybridized carbons (Fsp3) is 0.286. The molecule has 5 nitrogen and oxygen atoms in total. The van der Waals surface area contributed by atoms with E-state index in [1.54, 1.807) is 30.3 Å². The summed E-state index contributed by atoms with van der Waals surface area (Å²) < 4.78 is 9.69. The normalized spacial score (nSPS) is 9.53. The van der Waals surface area contributed by atoms with Crippen LogP contribution in [0.25, 0.3) is 0 Å². The average Bonchev–Trinajstić information content (AvgIpc) is 2.43. The van der Waals surface area contributed by atoms with Crippen molar-refractivity contribution in [3.8, 4) is 5.75 Å². The maximum atomic E-state index is 11.5. The van der Waals surface area contributed by atoms with E-state index in [1.165, 1.54) is 7.11 Å². The van der Waals surface area contributed by atoms with Crippen molar-refractivity contribution in [2.45, 2.75) is 12.8 Å². The van der Waals surface area contributed by atoms with Crippen molar-refractivity contribution in [3.05, 3.63) is 36.9 Å². The lowest BCUT2D eigenvalue weighted by atomic mass is 10.2. The summed E-state index contributed by atoms with van der Waals surface area (Å²) >= 11 is 0. The predicted octanol–water partition coefficient (Wildman–Crippen LogP) is 2.14. The molecule has 0 saturated carbocycles. The molecule has 0 heterocycles.